The number of phenols is 1. The summed E-state index contributed by atoms with van der Waals surface area (Å²) in [7, 11) is 0. The van der Waals surface area contributed by atoms with E-state index in [4.69, 9.17) is 29.6 Å². The van der Waals surface area contributed by atoms with E-state index in [0.29, 0.717) is 28.7 Å². The number of phenolic OH excluding ortho intramolecular Hbond substituents is 1. The Morgan fingerprint density at radius 1 is 1.53 bits per heavy atom. The van der Waals surface area contributed by atoms with Gasteiger partial charge in [-0.3, -0.25) is 4.79 Å². The second kappa shape index (κ2) is 5.75. The van der Waals surface area contributed by atoms with Crippen LogP contribution in [0.1, 0.15) is 23.2 Å². The average Bonchev–Trinajstić information content (AvgIpc) is 2.41. The molecule has 102 valence electrons. The molecule has 1 atom stereocenters. The van der Waals surface area contributed by atoms with E-state index in [1.54, 1.807) is 4.90 Å². The number of benzene rings is 1. The highest BCUT2D eigenvalue weighted by atomic mass is 35.5. The van der Waals surface area contributed by atoms with E-state index >= 15 is 0 Å². The van der Waals surface area contributed by atoms with Crippen molar-refractivity contribution in [2.45, 2.75) is 12.8 Å². The number of rotatable bonds is 2. The predicted molar refractivity (Wildman–Crippen MR) is 78.5 cm³/mol. The number of nitrogens with zero attached hydrogens (tertiary/aromatic N) is 1. The first-order valence-corrected chi connectivity index (χ1v) is 6.84. The smallest absolute Gasteiger partial charge is 0.255 e. The molecule has 0 aromatic heterocycles. The normalized spacial score (nSPS) is 19.2. The van der Waals surface area contributed by atoms with Gasteiger partial charge in [-0.05, 0) is 31.0 Å². The summed E-state index contributed by atoms with van der Waals surface area (Å²) in [5.41, 5.74) is 5.96. The molecule has 0 radical (unpaired) electrons. The number of amides is 1. The molecule has 3 N–H and O–H groups in total. The largest absolute Gasteiger partial charge is 0.508 e. The summed E-state index contributed by atoms with van der Waals surface area (Å²) in [6, 6.07) is 4.35. The molecule has 4 nitrogen and oxygen atoms in total. The zero-order valence-corrected chi connectivity index (χ0v) is 11.9. The highest BCUT2D eigenvalue weighted by molar-refractivity contribution is 7.80. The lowest BCUT2D eigenvalue weighted by atomic mass is 9.97. The van der Waals surface area contributed by atoms with Crippen LogP contribution in [-0.2, 0) is 0 Å². The fourth-order valence-corrected chi connectivity index (χ4v) is 2.63. The SMILES string of the molecule is NC(=S)C1CCCN(C(=O)c2cc(O)ccc2Cl)C1. The van der Waals surface area contributed by atoms with Gasteiger partial charge in [-0.25, -0.2) is 0 Å². The second-order valence-electron chi connectivity index (χ2n) is 4.66. The molecule has 1 aromatic carbocycles. The van der Waals surface area contributed by atoms with Gasteiger partial charge in [0.05, 0.1) is 15.6 Å². The number of hydrogen-bond acceptors (Lipinski definition) is 3. The molecule has 1 heterocycles. The monoisotopic (exact) mass is 298 g/mol. The Bertz CT molecular complexity index is 521. The maximum atomic E-state index is 12.4. The number of carbonyl (C=O) groups is 1. The molecule has 1 unspecified atom stereocenters. The molecule has 0 spiro atoms. The zero-order chi connectivity index (χ0) is 14.0. The first kappa shape index (κ1) is 14.1. The van der Waals surface area contributed by atoms with Crippen molar-refractivity contribution in [3.8, 4) is 5.75 Å². The molecular weight excluding hydrogens is 284 g/mol. The number of halogens is 1. The van der Waals surface area contributed by atoms with Crippen molar-refractivity contribution < 1.29 is 9.90 Å². The van der Waals surface area contributed by atoms with E-state index < -0.39 is 0 Å². The summed E-state index contributed by atoms with van der Waals surface area (Å²) in [5, 5.41) is 9.79. The summed E-state index contributed by atoms with van der Waals surface area (Å²) in [6.07, 6.45) is 1.77. The molecule has 1 fully saturated rings. The number of hydrogen-bond donors (Lipinski definition) is 2. The maximum Gasteiger partial charge on any atom is 0.255 e. The van der Waals surface area contributed by atoms with Gasteiger partial charge in [-0.2, -0.15) is 0 Å². The van der Waals surface area contributed by atoms with Crippen LogP contribution < -0.4 is 5.73 Å². The first-order valence-electron chi connectivity index (χ1n) is 6.06. The van der Waals surface area contributed by atoms with Gasteiger partial charge in [-0.15, -0.1) is 0 Å². The summed E-state index contributed by atoms with van der Waals surface area (Å²) in [5.74, 6) is -0.110. The molecular formula is C13H15ClN2O2S. The molecule has 1 aliphatic rings. The van der Waals surface area contributed by atoms with Crippen molar-refractivity contribution in [1.82, 2.24) is 4.90 Å². The summed E-state index contributed by atoms with van der Waals surface area (Å²) in [6.45, 7) is 1.17. The van der Waals surface area contributed by atoms with Crippen LogP contribution in [0.15, 0.2) is 18.2 Å². The molecule has 0 bridgehead atoms. The van der Waals surface area contributed by atoms with Gasteiger partial charge >= 0.3 is 0 Å². The number of likely N-dealkylation sites (tertiary alicyclic amines) is 1. The summed E-state index contributed by atoms with van der Waals surface area (Å²) in [4.78, 5) is 14.5. The van der Waals surface area contributed by atoms with Crippen LogP contribution in [0.5, 0.6) is 5.75 Å². The third-order valence-corrected chi connectivity index (χ3v) is 3.95. The van der Waals surface area contributed by atoms with Gasteiger partial charge in [0, 0.05) is 19.0 Å². The maximum absolute atomic E-state index is 12.4. The molecule has 1 saturated heterocycles. The third-order valence-electron chi connectivity index (χ3n) is 3.29. The molecule has 1 aromatic rings. The van der Waals surface area contributed by atoms with Crippen molar-refractivity contribution in [1.29, 1.82) is 0 Å². The molecule has 1 aliphatic heterocycles. The Labute approximate surface area is 122 Å². The number of carbonyl (C=O) groups excluding carboxylic acids is 1. The van der Waals surface area contributed by atoms with E-state index in [-0.39, 0.29) is 17.6 Å². The van der Waals surface area contributed by atoms with Gasteiger partial charge < -0.3 is 15.7 Å². The van der Waals surface area contributed by atoms with Crippen molar-refractivity contribution in [2.75, 3.05) is 13.1 Å². The summed E-state index contributed by atoms with van der Waals surface area (Å²) >= 11 is 11.0. The van der Waals surface area contributed by atoms with Gasteiger partial charge in [-0.1, -0.05) is 23.8 Å². The predicted octanol–water partition coefficient (Wildman–Crippen LogP) is 2.18. The van der Waals surface area contributed by atoms with Gasteiger partial charge in [0.15, 0.2) is 0 Å². The molecule has 0 saturated carbocycles. The van der Waals surface area contributed by atoms with Crippen molar-refractivity contribution in [2.24, 2.45) is 11.7 Å². The van der Waals surface area contributed by atoms with E-state index in [0.717, 1.165) is 12.8 Å². The van der Waals surface area contributed by atoms with Crippen LogP contribution in [0.3, 0.4) is 0 Å². The number of aromatic hydroxyl groups is 1. The second-order valence-corrected chi connectivity index (χ2v) is 5.54. The first-order chi connectivity index (χ1) is 8.99. The molecule has 0 aliphatic carbocycles. The van der Waals surface area contributed by atoms with Crippen LogP contribution >= 0.6 is 23.8 Å². The standard InChI is InChI=1S/C13H15ClN2O2S/c14-11-4-3-9(17)6-10(11)13(18)16-5-1-2-8(7-16)12(15)19/h3-4,6,8,17H,1-2,5,7H2,(H2,15,19). The molecule has 2 rings (SSSR count). The highest BCUT2D eigenvalue weighted by Gasteiger charge is 2.27. The number of piperidine rings is 1. The van der Waals surface area contributed by atoms with Crippen LogP contribution in [0, 0.1) is 5.92 Å². The lowest BCUT2D eigenvalue weighted by Gasteiger charge is -2.32. The Hall–Kier alpha value is -1.33. The zero-order valence-electron chi connectivity index (χ0n) is 10.3. The minimum Gasteiger partial charge on any atom is -0.508 e. The van der Waals surface area contributed by atoms with Crippen LogP contribution in [0.4, 0.5) is 0 Å². The molecule has 6 heteroatoms. The fourth-order valence-electron chi connectivity index (χ4n) is 2.24. The van der Waals surface area contributed by atoms with Crippen molar-refractivity contribution in [3.63, 3.8) is 0 Å². The Kier molecular flexibility index (Phi) is 4.27. The van der Waals surface area contributed by atoms with Gasteiger partial charge in [0.25, 0.3) is 5.91 Å². The van der Waals surface area contributed by atoms with E-state index in [2.05, 4.69) is 0 Å². The Morgan fingerprint density at radius 3 is 2.95 bits per heavy atom. The average molecular weight is 299 g/mol. The van der Waals surface area contributed by atoms with E-state index in [1.807, 2.05) is 0 Å². The van der Waals surface area contributed by atoms with Crippen LogP contribution in [0.2, 0.25) is 5.02 Å². The van der Waals surface area contributed by atoms with Crippen molar-refractivity contribution >= 4 is 34.7 Å². The lowest BCUT2D eigenvalue weighted by Crippen LogP contribution is -2.43. The topological polar surface area (TPSA) is 66.6 Å². The Balaban J connectivity index is 2.19. The van der Waals surface area contributed by atoms with Crippen molar-refractivity contribution in [3.05, 3.63) is 28.8 Å². The highest BCUT2D eigenvalue weighted by Crippen LogP contribution is 2.25. The molecule has 1 amide bonds. The minimum atomic E-state index is -0.193. The van der Waals surface area contributed by atoms with Crippen LogP contribution in [0.25, 0.3) is 0 Å². The van der Waals surface area contributed by atoms with E-state index in [9.17, 15) is 9.90 Å². The molecule has 19 heavy (non-hydrogen) atoms. The third kappa shape index (κ3) is 3.16. The minimum absolute atomic E-state index is 0.0238. The van der Waals surface area contributed by atoms with Crippen LogP contribution in [-0.4, -0.2) is 34.0 Å². The Morgan fingerprint density at radius 2 is 2.26 bits per heavy atom. The quantitative estimate of drug-likeness (QED) is 0.821. The number of thiocarbonyl (C=S) groups is 1. The van der Waals surface area contributed by atoms with E-state index in [1.165, 1.54) is 18.2 Å². The number of nitrogens with two attached hydrogens (primary N) is 1. The fraction of sp³-hybridized carbons (Fsp3) is 0.385. The summed E-state index contributed by atoms with van der Waals surface area (Å²) < 4.78 is 0. The van der Waals surface area contributed by atoms with Gasteiger partial charge in [0.1, 0.15) is 5.75 Å². The lowest BCUT2D eigenvalue weighted by molar-refractivity contribution is 0.0703. The van der Waals surface area contributed by atoms with Gasteiger partial charge in [0.2, 0.25) is 0 Å².